The lowest BCUT2D eigenvalue weighted by Crippen LogP contribution is -2.41. The molecule has 1 aromatic heterocycles. The van der Waals surface area contributed by atoms with E-state index >= 15 is 0 Å². The summed E-state index contributed by atoms with van der Waals surface area (Å²) in [6.07, 6.45) is 5.70. The number of amides is 1. The molecule has 1 N–H and O–H groups in total. The third-order valence-corrected chi connectivity index (χ3v) is 5.97. The minimum absolute atomic E-state index is 0. The van der Waals surface area contributed by atoms with Gasteiger partial charge in [0, 0.05) is 24.0 Å². The highest BCUT2D eigenvalue weighted by molar-refractivity contribution is 7.14. The summed E-state index contributed by atoms with van der Waals surface area (Å²) in [4.78, 5) is 17.5. The Morgan fingerprint density at radius 1 is 1.45 bits per heavy atom. The molecule has 124 valence electrons. The number of fused-ring (bicyclic) bond motifs is 1. The first-order chi connectivity index (χ1) is 10.2. The monoisotopic (exact) mass is 342 g/mol. The van der Waals surface area contributed by atoms with Gasteiger partial charge in [0.2, 0.25) is 0 Å². The minimum atomic E-state index is 0. The van der Waals surface area contributed by atoms with Gasteiger partial charge in [0.15, 0.2) is 0 Å². The van der Waals surface area contributed by atoms with Crippen molar-refractivity contribution in [2.75, 3.05) is 19.6 Å². The normalized spacial score (nSPS) is 23.7. The molecule has 2 unspecified atom stereocenters. The molecule has 1 aromatic rings. The highest BCUT2D eigenvalue weighted by Gasteiger charge is 2.29. The number of carbonyl (C=O) groups is 1. The third-order valence-electron chi connectivity index (χ3n) is 4.74. The maximum atomic E-state index is 12.9. The average Bonchev–Trinajstić information content (AvgIpc) is 3.12. The summed E-state index contributed by atoms with van der Waals surface area (Å²) in [5, 5.41) is 3.38. The van der Waals surface area contributed by atoms with E-state index in [4.69, 9.17) is 0 Å². The summed E-state index contributed by atoms with van der Waals surface area (Å²) >= 11 is 1.75. The van der Waals surface area contributed by atoms with Crippen LogP contribution in [0.2, 0.25) is 0 Å². The van der Waals surface area contributed by atoms with Gasteiger partial charge in [0.1, 0.15) is 0 Å². The highest BCUT2D eigenvalue weighted by atomic mass is 35.5. The van der Waals surface area contributed by atoms with Crippen LogP contribution in [0.3, 0.4) is 0 Å². The van der Waals surface area contributed by atoms with Gasteiger partial charge in [0.05, 0.1) is 4.88 Å². The number of halogens is 1. The third kappa shape index (κ3) is 3.66. The summed E-state index contributed by atoms with van der Waals surface area (Å²) in [6, 6.07) is 2.57. The lowest BCUT2D eigenvalue weighted by molar-refractivity contribution is 0.0697. The molecule has 1 aliphatic carbocycles. The smallest absolute Gasteiger partial charge is 0.264 e. The maximum absolute atomic E-state index is 12.9. The second-order valence-corrected chi connectivity index (χ2v) is 7.69. The lowest BCUT2D eigenvalue weighted by atomic mass is 9.90. The van der Waals surface area contributed by atoms with Crippen molar-refractivity contribution in [2.45, 2.75) is 52.0 Å². The molecule has 3 nitrogen and oxygen atoms in total. The number of hydrogen-bond acceptors (Lipinski definition) is 3. The van der Waals surface area contributed by atoms with E-state index in [2.05, 4.69) is 30.1 Å². The van der Waals surface area contributed by atoms with Gasteiger partial charge in [-0.3, -0.25) is 4.79 Å². The molecule has 1 saturated heterocycles. The number of aryl methyl sites for hydroxylation is 1. The first-order valence-electron chi connectivity index (χ1n) is 8.32. The van der Waals surface area contributed by atoms with Crippen LogP contribution in [-0.4, -0.2) is 36.5 Å². The molecular formula is C17H27ClN2OS. The van der Waals surface area contributed by atoms with Crippen molar-refractivity contribution in [1.29, 1.82) is 0 Å². The first kappa shape index (κ1) is 17.8. The summed E-state index contributed by atoms with van der Waals surface area (Å²) in [5.41, 5.74) is 1.43. The molecule has 0 aromatic carbocycles. The van der Waals surface area contributed by atoms with Gasteiger partial charge < -0.3 is 10.2 Å². The van der Waals surface area contributed by atoms with Crippen LogP contribution in [0.4, 0.5) is 0 Å². The van der Waals surface area contributed by atoms with Gasteiger partial charge in [0.25, 0.3) is 5.91 Å². The van der Waals surface area contributed by atoms with Crippen molar-refractivity contribution in [1.82, 2.24) is 10.2 Å². The van der Waals surface area contributed by atoms with E-state index in [9.17, 15) is 4.79 Å². The van der Waals surface area contributed by atoms with Gasteiger partial charge in [-0.15, -0.1) is 23.7 Å². The summed E-state index contributed by atoms with van der Waals surface area (Å²) in [7, 11) is 0. The summed E-state index contributed by atoms with van der Waals surface area (Å²) in [6.45, 7) is 7.34. The zero-order valence-corrected chi connectivity index (χ0v) is 15.2. The Kier molecular flexibility index (Phi) is 6.30. The summed E-state index contributed by atoms with van der Waals surface area (Å²) in [5.74, 6) is 1.03. The molecule has 2 aliphatic rings. The van der Waals surface area contributed by atoms with Crippen molar-refractivity contribution in [3.8, 4) is 0 Å². The number of nitrogens with one attached hydrogen (secondary N) is 1. The minimum Gasteiger partial charge on any atom is -0.334 e. The molecule has 1 fully saturated rings. The molecule has 3 rings (SSSR count). The largest absolute Gasteiger partial charge is 0.334 e. The molecular weight excluding hydrogens is 316 g/mol. The van der Waals surface area contributed by atoms with Crippen molar-refractivity contribution in [2.24, 2.45) is 5.92 Å². The lowest BCUT2D eigenvalue weighted by Gasteiger charge is -2.27. The Bertz CT molecular complexity index is 511. The van der Waals surface area contributed by atoms with Crippen LogP contribution < -0.4 is 5.32 Å². The molecule has 0 radical (unpaired) electrons. The molecule has 2 atom stereocenters. The van der Waals surface area contributed by atoms with Crippen LogP contribution in [0.25, 0.3) is 0 Å². The van der Waals surface area contributed by atoms with Crippen molar-refractivity contribution >= 4 is 29.7 Å². The SMILES string of the molecule is CCCN(C(=O)c1cc2c(s1)CCC(C)C2)C1CCNC1.Cl. The number of thiophene rings is 1. The quantitative estimate of drug-likeness (QED) is 0.908. The van der Waals surface area contributed by atoms with Gasteiger partial charge in [-0.05, 0) is 56.2 Å². The Hall–Kier alpha value is -0.580. The summed E-state index contributed by atoms with van der Waals surface area (Å²) < 4.78 is 0. The van der Waals surface area contributed by atoms with Gasteiger partial charge >= 0.3 is 0 Å². The Morgan fingerprint density at radius 3 is 2.95 bits per heavy atom. The maximum Gasteiger partial charge on any atom is 0.264 e. The highest BCUT2D eigenvalue weighted by Crippen LogP contribution is 2.33. The Morgan fingerprint density at radius 2 is 2.27 bits per heavy atom. The molecule has 5 heteroatoms. The van der Waals surface area contributed by atoms with Gasteiger partial charge in [-0.1, -0.05) is 13.8 Å². The standard InChI is InChI=1S/C17H26N2OS.ClH/c1-3-8-19(14-6-7-18-11-14)17(20)16-10-13-9-12(2)4-5-15(13)21-16;/h10,12,14,18H,3-9,11H2,1-2H3;1H. The Balaban J connectivity index is 0.00000176. The number of hydrogen-bond donors (Lipinski definition) is 1. The second-order valence-electron chi connectivity index (χ2n) is 6.55. The van der Waals surface area contributed by atoms with Crippen LogP contribution in [0.5, 0.6) is 0 Å². The van der Waals surface area contributed by atoms with E-state index in [1.807, 2.05) is 0 Å². The van der Waals surface area contributed by atoms with Crippen LogP contribution in [0, 0.1) is 5.92 Å². The first-order valence-corrected chi connectivity index (χ1v) is 9.14. The number of rotatable bonds is 4. The molecule has 0 saturated carbocycles. The molecule has 0 spiro atoms. The predicted octanol–water partition coefficient (Wildman–Crippen LogP) is 3.51. The molecule has 1 amide bonds. The zero-order chi connectivity index (χ0) is 14.8. The average molecular weight is 343 g/mol. The predicted molar refractivity (Wildman–Crippen MR) is 95.4 cm³/mol. The van der Waals surface area contributed by atoms with Crippen molar-refractivity contribution in [3.05, 3.63) is 21.4 Å². The Labute approximate surface area is 143 Å². The van der Waals surface area contributed by atoms with E-state index in [1.54, 1.807) is 11.3 Å². The molecule has 0 bridgehead atoms. The fourth-order valence-corrected chi connectivity index (χ4v) is 4.71. The van der Waals surface area contributed by atoms with Crippen molar-refractivity contribution < 1.29 is 4.79 Å². The fraction of sp³-hybridized carbons (Fsp3) is 0.706. The number of carbonyl (C=O) groups excluding carboxylic acids is 1. The topological polar surface area (TPSA) is 32.3 Å². The number of nitrogens with zero attached hydrogens (tertiary/aromatic N) is 1. The van der Waals surface area contributed by atoms with E-state index in [1.165, 1.54) is 16.9 Å². The van der Waals surface area contributed by atoms with Gasteiger partial charge in [-0.2, -0.15) is 0 Å². The zero-order valence-electron chi connectivity index (χ0n) is 13.6. The molecule has 22 heavy (non-hydrogen) atoms. The van der Waals surface area contributed by atoms with Crippen LogP contribution in [0.15, 0.2) is 6.07 Å². The van der Waals surface area contributed by atoms with Gasteiger partial charge in [-0.25, -0.2) is 0 Å². The molecule has 1 aliphatic heterocycles. The second kappa shape index (κ2) is 7.80. The van der Waals surface area contributed by atoms with E-state index < -0.39 is 0 Å². The van der Waals surface area contributed by atoms with Crippen LogP contribution in [-0.2, 0) is 12.8 Å². The van der Waals surface area contributed by atoms with Crippen LogP contribution >= 0.6 is 23.7 Å². The van der Waals surface area contributed by atoms with E-state index in [-0.39, 0.29) is 18.3 Å². The van der Waals surface area contributed by atoms with E-state index in [0.29, 0.717) is 6.04 Å². The molecule has 2 heterocycles. The van der Waals surface area contributed by atoms with Crippen LogP contribution in [0.1, 0.15) is 53.2 Å². The van der Waals surface area contributed by atoms with Crippen molar-refractivity contribution in [3.63, 3.8) is 0 Å². The fourth-order valence-electron chi connectivity index (χ4n) is 3.55. The van der Waals surface area contributed by atoms with E-state index in [0.717, 1.165) is 56.1 Å².